The summed E-state index contributed by atoms with van der Waals surface area (Å²) < 4.78 is 5.81. The largest absolute Gasteiger partial charge is 0.385 e. The van der Waals surface area contributed by atoms with Crippen LogP contribution in [0.5, 0.6) is 0 Å². The molecule has 3 atom stereocenters. The van der Waals surface area contributed by atoms with Gasteiger partial charge in [0.15, 0.2) is 5.84 Å². The number of nitrogens with zero attached hydrogens (tertiary/aromatic N) is 4. The molecular weight excluding hydrogens is 600 g/mol. The number of carbonyl (C=O) groups excluding carboxylic acids is 1. The molecule has 2 saturated heterocycles. The highest BCUT2D eigenvalue weighted by atomic mass is 35.5. The van der Waals surface area contributed by atoms with E-state index >= 15 is 0 Å². The fraction of sp³-hybridized carbons (Fsp3) is 0.444. The van der Waals surface area contributed by atoms with E-state index in [0.717, 1.165) is 54.7 Å². The summed E-state index contributed by atoms with van der Waals surface area (Å²) in [6.07, 6.45) is 11.0. The summed E-state index contributed by atoms with van der Waals surface area (Å²) >= 11 is 6.09. The fourth-order valence-corrected chi connectivity index (χ4v) is 6.97. The predicted octanol–water partition coefficient (Wildman–Crippen LogP) is 5.32. The maximum Gasteiger partial charge on any atom is 0.251 e. The lowest BCUT2D eigenvalue weighted by Crippen LogP contribution is -2.48. The molecule has 10 heteroatoms. The molecule has 0 bridgehead atoms. The minimum absolute atomic E-state index is 0.0759. The van der Waals surface area contributed by atoms with Crippen molar-refractivity contribution in [3.63, 3.8) is 0 Å². The van der Waals surface area contributed by atoms with Crippen molar-refractivity contribution in [2.75, 3.05) is 44.6 Å². The van der Waals surface area contributed by atoms with Gasteiger partial charge in [0.25, 0.3) is 5.91 Å². The number of amides is 1. The first kappa shape index (κ1) is 32.3. The second-order valence-electron chi connectivity index (χ2n) is 12.8. The normalized spacial score (nSPS) is 24.5. The maximum atomic E-state index is 12.8. The zero-order chi connectivity index (χ0) is 32.3. The monoisotopic (exact) mass is 644 g/mol. The van der Waals surface area contributed by atoms with Crippen LogP contribution in [-0.2, 0) is 10.3 Å². The third-order valence-corrected chi connectivity index (χ3v) is 9.52. The van der Waals surface area contributed by atoms with Crippen molar-refractivity contribution in [3.05, 3.63) is 101 Å². The molecule has 0 aromatic heterocycles. The Morgan fingerprint density at radius 1 is 1.07 bits per heavy atom. The number of rotatable bonds is 9. The SMILES string of the molecule is CCC1C=C(Nc2ccc(C(=O)NCCN3CC(C)OC(C)C3)cc2)N=C2C(N3CCC(O)(c4ccc(Cl)cc4)CC3)=CC=CN21. The number of aliphatic imine (C=N–C) groups is 1. The number of anilines is 1. The average molecular weight is 645 g/mol. The molecule has 0 spiro atoms. The van der Waals surface area contributed by atoms with Gasteiger partial charge in [-0.1, -0.05) is 30.7 Å². The molecule has 2 fully saturated rings. The Hall–Kier alpha value is -3.63. The molecule has 3 N–H and O–H groups in total. The van der Waals surface area contributed by atoms with Gasteiger partial charge in [-0.15, -0.1) is 0 Å². The molecule has 0 aliphatic carbocycles. The smallest absolute Gasteiger partial charge is 0.251 e. The van der Waals surface area contributed by atoms with Crippen LogP contribution in [0.1, 0.15) is 56.0 Å². The molecule has 4 aliphatic rings. The first-order valence-electron chi connectivity index (χ1n) is 16.4. The van der Waals surface area contributed by atoms with Crippen LogP contribution in [0.25, 0.3) is 0 Å². The van der Waals surface area contributed by atoms with E-state index in [1.165, 1.54) is 0 Å². The summed E-state index contributed by atoms with van der Waals surface area (Å²) in [6, 6.07) is 15.2. The molecule has 0 saturated carbocycles. The molecule has 6 rings (SSSR count). The van der Waals surface area contributed by atoms with Crippen LogP contribution in [0.15, 0.2) is 89.5 Å². The number of likely N-dealkylation sites (tertiary alicyclic amines) is 1. The topological polar surface area (TPSA) is 92.7 Å². The van der Waals surface area contributed by atoms with E-state index in [-0.39, 0.29) is 24.2 Å². The second-order valence-corrected chi connectivity index (χ2v) is 13.2. The predicted molar refractivity (Wildman–Crippen MR) is 184 cm³/mol. The van der Waals surface area contributed by atoms with E-state index in [4.69, 9.17) is 21.3 Å². The molecule has 2 aromatic carbocycles. The third kappa shape index (κ3) is 7.33. The summed E-state index contributed by atoms with van der Waals surface area (Å²) in [4.78, 5) is 24.8. The standard InChI is InChI=1S/C36H45ClN6O3/c1-4-31-22-33(39-30-13-7-27(8-14-30)35(44)38-17-21-41-23-25(2)46-26(3)24-41)40-34-32(6-5-18-43(31)34)42-19-15-36(45,16-20-42)28-9-11-29(37)12-10-28/h5-14,18,22,25-26,31,39,45H,4,15-17,19-21,23-24H2,1-3H3,(H,38,44). The molecule has 3 unspecified atom stereocenters. The van der Waals surface area contributed by atoms with Gasteiger partial charge in [-0.2, -0.15) is 0 Å². The van der Waals surface area contributed by atoms with Crippen LogP contribution in [0.2, 0.25) is 5.02 Å². The Morgan fingerprint density at radius 2 is 1.76 bits per heavy atom. The Kier molecular flexibility index (Phi) is 9.84. The number of nitrogens with one attached hydrogen (secondary N) is 2. The van der Waals surface area contributed by atoms with Gasteiger partial charge in [-0.05, 0) is 93.3 Å². The van der Waals surface area contributed by atoms with E-state index < -0.39 is 5.60 Å². The minimum atomic E-state index is -0.873. The molecule has 4 heterocycles. The Labute approximate surface area is 277 Å². The summed E-state index contributed by atoms with van der Waals surface area (Å²) in [7, 11) is 0. The van der Waals surface area contributed by atoms with E-state index in [1.807, 2.05) is 48.5 Å². The lowest BCUT2D eigenvalue weighted by molar-refractivity contribution is -0.0672. The summed E-state index contributed by atoms with van der Waals surface area (Å²) in [5.41, 5.74) is 2.59. The number of fused-ring (bicyclic) bond motifs is 1. The number of hydrogen-bond acceptors (Lipinski definition) is 8. The van der Waals surface area contributed by atoms with Crippen molar-refractivity contribution in [3.8, 4) is 0 Å². The number of halogens is 1. The highest BCUT2D eigenvalue weighted by molar-refractivity contribution is 6.30. The van der Waals surface area contributed by atoms with Gasteiger partial charge in [-0.25, -0.2) is 4.99 Å². The Morgan fingerprint density at radius 3 is 2.43 bits per heavy atom. The van der Waals surface area contributed by atoms with E-state index in [1.54, 1.807) is 0 Å². The lowest BCUT2D eigenvalue weighted by Gasteiger charge is -2.43. The quantitative estimate of drug-likeness (QED) is 0.340. The number of hydrogen-bond donors (Lipinski definition) is 3. The van der Waals surface area contributed by atoms with Crippen molar-refractivity contribution < 1.29 is 14.6 Å². The average Bonchev–Trinajstić information content (AvgIpc) is 3.04. The van der Waals surface area contributed by atoms with Crippen molar-refractivity contribution in [2.45, 2.75) is 63.9 Å². The number of aliphatic hydroxyl groups is 1. The number of benzene rings is 2. The fourth-order valence-electron chi connectivity index (χ4n) is 6.85. The van der Waals surface area contributed by atoms with Crippen molar-refractivity contribution in [2.24, 2.45) is 4.99 Å². The first-order chi connectivity index (χ1) is 22.2. The van der Waals surface area contributed by atoms with Crippen LogP contribution in [0.3, 0.4) is 0 Å². The van der Waals surface area contributed by atoms with Crippen molar-refractivity contribution in [1.82, 2.24) is 20.0 Å². The maximum absolute atomic E-state index is 12.8. The van der Waals surface area contributed by atoms with Crippen molar-refractivity contribution in [1.29, 1.82) is 0 Å². The van der Waals surface area contributed by atoms with Crippen LogP contribution in [0, 0.1) is 0 Å². The number of allylic oxidation sites excluding steroid dienone is 2. The zero-order valence-electron chi connectivity index (χ0n) is 27.0. The van der Waals surface area contributed by atoms with Crippen LogP contribution in [-0.4, -0.2) is 89.1 Å². The molecule has 1 amide bonds. The van der Waals surface area contributed by atoms with Gasteiger partial charge in [0, 0.05) is 61.7 Å². The number of piperidine rings is 1. The van der Waals surface area contributed by atoms with E-state index in [2.05, 4.69) is 70.5 Å². The second kappa shape index (κ2) is 14.0. The molecular formula is C36H45ClN6O3. The highest BCUT2D eigenvalue weighted by Gasteiger charge is 2.37. The minimum Gasteiger partial charge on any atom is -0.385 e. The number of ether oxygens (including phenoxy) is 1. The van der Waals surface area contributed by atoms with Gasteiger partial charge >= 0.3 is 0 Å². The van der Waals surface area contributed by atoms with Crippen LogP contribution < -0.4 is 10.6 Å². The van der Waals surface area contributed by atoms with Gasteiger partial charge < -0.3 is 30.3 Å². The molecule has 0 radical (unpaired) electrons. The molecule has 2 aromatic rings. The molecule has 244 valence electrons. The molecule has 4 aliphatic heterocycles. The molecule has 46 heavy (non-hydrogen) atoms. The van der Waals surface area contributed by atoms with E-state index in [0.29, 0.717) is 43.1 Å². The lowest BCUT2D eigenvalue weighted by atomic mass is 9.84. The summed E-state index contributed by atoms with van der Waals surface area (Å²) in [5, 5.41) is 18.6. The number of carbonyl (C=O) groups is 1. The number of amidine groups is 1. The van der Waals surface area contributed by atoms with E-state index in [9.17, 15) is 9.90 Å². The summed E-state index contributed by atoms with van der Waals surface area (Å²) in [5.74, 6) is 1.60. The van der Waals surface area contributed by atoms with Crippen LogP contribution >= 0.6 is 11.6 Å². The van der Waals surface area contributed by atoms with Crippen molar-refractivity contribution >= 4 is 29.0 Å². The van der Waals surface area contributed by atoms with Gasteiger partial charge in [0.1, 0.15) is 5.82 Å². The Bertz CT molecular complexity index is 1500. The summed E-state index contributed by atoms with van der Waals surface area (Å²) in [6.45, 7) is 10.9. The number of morpholine rings is 1. The highest BCUT2D eigenvalue weighted by Crippen LogP contribution is 2.36. The van der Waals surface area contributed by atoms with Gasteiger partial charge in [0.2, 0.25) is 0 Å². The molecule has 9 nitrogen and oxygen atoms in total. The first-order valence-corrected chi connectivity index (χ1v) is 16.8. The van der Waals surface area contributed by atoms with Gasteiger partial charge in [0.05, 0.1) is 29.5 Å². The Balaban J connectivity index is 1.08. The zero-order valence-corrected chi connectivity index (χ0v) is 27.7. The van der Waals surface area contributed by atoms with Crippen LogP contribution in [0.4, 0.5) is 5.69 Å². The van der Waals surface area contributed by atoms with Gasteiger partial charge in [-0.3, -0.25) is 9.69 Å². The third-order valence-electron chi connectivity index (χ3n) is 9.27.